The van der Waals surface area contributed by atoms with Crippen molar-refractivity contribution in [3.63, 3.8) is 0 Å². The van der Waals surface area contributed by atoms with Crippen LogP contribution in [-0.2, 0) is 9.53 Å². The van der Waals surface area contributed by atoms with Crippen molar-refractivity contribution in [1.29, 1.82) is 0 Å². The molecule has 14 heavy (non-hydrogen) atoms. The van der Waals surface area contributed by atoms with Crippen LogP contribution >= 0.6 is 11.6 Å². The van der Waals surface area contributed by atoms with Crippen LogP contribution in [-0.4, -0.2) is 29.7 Å². The maximum atomic E-state index is 11.5. The number of ether oxygens (including phenoxy) is 1. The zero-order chi connectivity index (χ0) is 11.2. The fourth-order valence-corrected chi connectivity index (χ4v) is 1.24. The molecular weight excluding hydrogens is 204 g/mol. The molecule has 0 aliphatic heterocycles. The second-order valence-corrected chi connectivity index (χ2v) is 4.17. The first-order valence-electron chi connectivity index (χ1n) is 4.88. The number of esters is 1. The van der Waals surface area contributed by atoms with Gasteiger partial charge in [0.2, 0.25) is 0 Å². The van der Waals surface area contributed by atoms with Gasteiger partial charge in [-0.05, 0) is 33.6 Å². The van der Waals surface area contributed by atoms with E-state index in [9.17, 15) is 9.90 Å². The largest absolute Gasteiger partial charge is 0.466 e. The molecule has 0 saturated carbocycles. The van der Waals surface area contributed by atoms with Crippen molar-refractivity contribution in [1.82, 2.24) is 0 Å². The number of alkyl halides is 1. The van der Waals surface area contributed by atoms with E-state index in [0.29, 0.717) is 25.3 Å². The summed E-state index contributed by atoms with van der Waals surface area (Å²) in [6, 6.07) is 0. The Morgan fingerprint density at radius 3 is 2.57 bits per heavy atom. The fraction of sp³-hybridized carbons (Fsp3) is 0.900. The van der Waals surface area contributed by atoms with Gasteiger partial charge in [-0.2, -0.15) is 0 Å². The van der Waals surface area contributed by atoms with E-state index in [-0.39, 0.29) is 5.97 Å². The predicted octanol–water partition coefficient (Wildman–Crippen LogP) is 1.96. The number of carbonyl (C=O) groups excluding carboxylic acids is 1. The third-order valence-corrected chi connectivity index (χ3v) is 2.51. The molecule has 0 bridgehead atoms. The number of halogens is 1. The third kappa shape index (κ3) is 3.84. The molecule has 1 N–H and O–H groups in total. The Hall–Kier alpha value is -0.280. The van der Waals surface area contributed by atoms with Gasteiger partial charge in [0.05, 0.1) is 18.1 Å². The topological polar surface area (TPSA) is 46.5 Å². The van der Waals surface area contributed by atoms with E-state index in [1.165, 1.54) is 0 Å². The predicted molar refractivity (Wildman–Crippen MR) is 56.4 cm³/mol. The minimum absolute atomic E-state index is 0.338. The second kappa shape index (κ2) is 6.25. The highest BCUT2D eigenvalue weighted by molar-refractivity contribution is 6.17. The van der Waals surface area contributed by atoms with Crippen LogP contribution in [0.25, 0.3) is 0 Å². The molecule has 0 unspecified atom stereocenters. The van der Waals surface area contributed by atoms with Gasteiger partial charge in [0.15, 0.2) is 0 Å². The van der Waals surface area contributed by atoms with Crippen molar-refractivity contribution in [3.05, 3.63) is 0 Å². The zero-order valence-electron chi connectivity index (χ0n) is 9.05. The number of hydrogen-bond acceptors (Lipinski definition) is 3. The van der Waals surface area contributed by atoms with Crippen LogP contribution in [0.15, 0.2) is 0 Å². The lowest BCUT2D eigenvalue weighted by atomic mass is 9.84. The monoisotopic (exact) mass is 222 g/mol. The Kier molecular flexibility index (Phi) is 6.12. The Morgan fingerprint density at radius 2 is 2.14 bits per heavy atom. The van der Waals surface area contributed by atoms with E-state index in [0.717, 1.165) is 0 Å². The summed E-state index contributed by atoms with van der Waals surface area (Å²) in [5.74, 6) is 0.137. The Labute approximate surface area is 90.4 Å². The van der Waals surface area contributed by atoms with Crippen molar-refractivity contribution in [2.24, 2.45) is 5.41 Å². The van der Waals surface area contributed by atoms with Gasteiger partial charge in [-0.15, -0.1) is 11.6 Å². The highest BCUT2D eigenvalue weighted by Crippen LogP contribution is 2.25. The van der Waals surface area contributed by atoms with Crippen molar-refractivity contribution >= 4 is 17.6 Å². The summed E-state index contributed by atoms with van der Waals surface area (Å²) in [5.41, 5.74) is -0.845. The normalized spacial score (nSPS) is 13.8. The minimum Gasteiger partial charge on any atom is -0.466 e. The summed E-state index contributed by atoms with van der Waals surface area (Å²) in [7, 11) is 0. The van der Waals surface area contributed by atoms with Gasteiger partial charge >= 0.3 is 5.97 Å². The Balaban J connectivity index is 4.20. The lowest BCUT2D eigenvalue weighted by Crippen LogP contribution is -2.38. The van der Waals surface area contributed by atoms with Gasteiger partial charge in [0.25, 0.3) is 0 Å². The number of rotatable bonds is 6. The standard InChI is InChI=1S/C10H19ClO3/c1-4-14-9(13)10(2,3)8(12)6-5-7-11/h8,12H,4-7H2,1-3H3/t8-/m1/s1. The third-order valence-electron chi connectivity index (χ3n) is 2.25. The van der Waals surface area contributed by atoms with Crippen LogP contribution < -0.4 is 0 Å². The first-order chi connectivity index (χ1) is 6.46. The number of hydrogen-bond donors (Lipinski definition) is 1. The van der Waals surface area contributed by atoms with Crippen LogP contribution in [0.4, 0.5) is 0 Å². The molecule has 0 aromatic rings. The first kappa shape index (κ1) is 13.7. The minimum atomic E-state index is -0.845. The van der Waals surface area contributed by atoms with Crippen LogP contribution in [0.5, 0.6) is 0 Å². The number of aliphatic hydroxyl groups excluding tert-OH is 1. The maximum absolute atomic E-state index is 11.5. The molecule has 84 valence electrons. The lowest BCUT2D eigenvalue weighted by molar-refractivity contribution is -0.160. The number of aliphatic hydroxyl groups is 1. The highest BCUT2D eigenvalue weighted by Gasteiger charge is 2.36. The van der Waals surface area contributed by atoms with E-state index in [1.54, 1.807) is 20.8 Å². The average molecular weight is 223 g/mol. The Bertz CT molecular complexity index is 180. The van der Waals surface area contributed by atoms with Crippen LogP contribution in [0.1, 0.15) is 33.6 Å². The molecule has 0 heterocycles. The van der Waals surface area contributed by atoms with Crippen LogP contribution in [0.3, 0.4) is 0 Å². The van der Waals surface area contributed by atoms with Crippen LogP contribution in [0.2, 0.25) is 0 Å². The van der Waals surface area contributed by atoms with E-state index >= 15 is 0 Å². The van der Waals surface area contributed by atoms with Gasteiger partial charge in [-0.1, -0.05) is 0 Å². The molecule has 0 saturated heterocycles. The summed E-state index contributed by atoms with van der Waals surface area (Å²) < 4.78 is 4.88. The molecule has 0 aromatic heterocycles. The summed E-state index contributed by atoms with van der Waals surface area (Å²) in [4.78, 5) is 11.5. The molecule has 1 atom stereocenters. The summed E-state index contributed by atoms with van der Waals surface area (Å²) in [5, 5.41) is 9.75. The van der Waals surface area contributed by atoms with Gasteiger partial charge in [0, 0.05) is 5.88 Å². The maximum Gasteiger partial charge on any atom is 0.314 e. The number of carbonyl (C=O) groups is 1. The van der Waals surface area contributed by atoms with Gasteiger partial charge in [-0.3, -0.25) is 4.79 Å². The SMILES string of the molecule is CCOC(=O)C(C)(C)[C@H](O)CCCCl. The van der Waals surface area contributed by atoms with Crippen molar-refractivity contribution < 1.29 is 14.6 Å². The smallest absolute Gasteiger partial charge is 0.314 e. The van der Waals surface area contributed by atoms with Crippen molar-refractivity contribution in [2.45, 2.75) is 39.7 Å². The Morgan fingerprint density at radius 1 is 1.57 bits per heavy atom. The zero-order valence-corrected chi connectivity index (χ0v) is 9.80. The molecule has 0 aromatic carbocycles. The molecule has 3 nitrogen and oxygen atoms in total. The van der Waals surface area contributed by atoms with Gasteiger partial charge in [0.1, 0.15) is 0 Å². The van der Waals surface area contributed by atoms with Gasteiger partial charge in [-0.25, -0.2) is 0 Å². The van der Waals surface area contributed by atoms with E-state index < -0.39 is 11.5 Å². The molecule has 0 radical (unpaired) electrons. The fourth-order valence-electron chi connectivity index (χ4n) is 1.08. The second-order valence-electron chi connectivity index (χ2n) is 3.79. The van der Waals surface area contributed by atoms with E-state index in [4.69, 9.17) is 16.3 Å². The summed E-state index contributed by atoms with van der Waals surface area (Å²) in [6.07, 6.45) is 0.529. The average Bonchev–Trinajstić information content (AvgIpc) is 2.14. The first-order valence-corrected chi connectivity index (χ1v) is 5.41. The quantitative estimate of drug-likeness (QED) is 0.552. The lowest BCUT2D eigenvalue weighted by Gasteiger charge is -2.27. The summed E-state index contributed by atoms with van der Waals surface area (Å²) >= 11 is 5.51. The molecule has 0 aliphatic carbocycles. The van der Waals surface area contributed by atoms with E-state index in [2.05, 4.69) is 0 Å². The highest BCUT2D eigenvalue weighted by atomic mass is 35.5. The van der Waals surface area contributed by atoms with E-state index in [1.807, 2.05) is 0 Å². The van der Waals surface area contributed by atoms with Gasteiger partial charge < -0.3 is 9.84 Å². The molecule has 0 spiro atoms. The summed E-state index contributed by atoms with van der Waals surface area (Å²) in [6.45, 7) is 5.46. The molecule has 0 amide bonds. The van der Waals surface area contributed by atoms with Crippen molar-refractivity contribution in [3.8, 4) is 0 Å². The van der Waals surface area contributed by atoms with Crippen molar-refractivity contribution in [2.75, 3.05) is 12.5 Å². The molecule has 0 rings (SSSR count). The molecule has 0 aliphatic rings. The van der Waals surface area contributed by atoms with Crippen LogP contribution in [0, 0.1) is 5.41 Å². The molecular formula is C10H19ClO3. The molecule has 4 heteroatoms. The molecule has 0 fully saturated rings.